The van der Waals surface area contributed by atoms with E-state index in [0.717, 1.165) is 33.1 Å². The lowest BCUT2D eigenvalue weighted by atomic mass is 10.1. The summed E-state index contributed by atoms with van der Waals surface area (Å²) in [6, 6.07) is 24.7. The number of hydrogen-bond donors (Lipinski definition) is 0. The summed E-state index contributed by atoms with van der Waals surface area (Å²) in [6.07, 6.45) is 5.49. The molecule has 6 rings (SSSR count). The lowest BCUT2D eigenvalue weighted by Crippen LogP contribution is -2.00. The molecule has 0 bridgehead atoms. The van der Waals surface area contributed by atoms with Gasteiger partial charge in [0.1, 0.15) is 5.58 Å². The fraction of sp³-hybridized carbons (Fsp3) is 0. The highest BCUT2D eigenvalue weighted by Crippen LogP contribution is 2.36. The maximum atomic E-state index is 5.64. The topological polar surface area (TPSA) is 43.9 Å². The Morgan fingerprint density at radius 1 is 0.643 bits per heavy atom. The molecular weight excluding hydrogens is 346 g/mol. The Hall–Kier alpha value is -3.92. The van der Waals surface area contributed by atoms with Gasteiger partial charge in [-0.15, -0.1) is 0 Å². The van der Waals surface area contributed by atoms with Crippen LogP contribution in [-0.2, 0) is 0 Å². The van der Waals surface area contributed by atoms with Gasteiger partial charge in [0.15, 0.2) is 0 Å². The first kappa shape index (κ1) is 15.2. The van der Waals surface area contributed by atoms with Crippen LogP contribution in [0.4, 0.5) is 0 Å². The molecule has 0 aliphatic heterocycles. The van der Waals surface area contributed by atoms with Gasteiger partial charge in [-0.25, -0.2) is 9.97 Å². The Kier molecular flexibility index (Phi) is 3.14. The Bertz CT molecular complexity index is 1440. The molecule has 0 amide bonds. The second-order valence-electron chi connectivity index (χ2n) is 6.78. The van der Waals surface area contributed by atoms with E-state index in [1.165, 1.54) is 10.8 Å². The average molecular weight is 361 g/mol. The molecule has 0 fully saturated rings. The zero-order chi connectivity index (χ0) is 18.5. The molecule has 3 aromatic carbocycles. The minimum atomic E-state index is 0.652. The van der Waals surface area contributed by atoms with Gasteiger partial charge in [-0.05, 0) is 29.8 Å². The van der Waals surface area contributed by atoms with Gasteiger partial charge in [0, 0.05) is 34.1 Å². The van der Waals surface area contributed by atoms with Crippen LogP contribution in [0.15, 0.2) is 95.9 Å². The monoisotopic (exact) mass is 361 g/mol. The first-order chi connectivity index (χ1) is 13.9. The maximum Gasteiger partial charge on any atom is 0.234 e. The van der Waals surface area contributed by atoms with Crippen molar-refractivity contribution in [2.45, 2.75) is 0 Å². The highest BCUT2D eigenvalue weighted by atomic mass is 16.3. The van der Waals surface area contributed by atoms with Gasteiger partial charge in [-0.2, -0.15) is 0 Å². The number of para-hydroxylation sites is 1. The molecule has 0 N–H and O–H groups in total. The molecule has 0 unspecified atom stereocenters. The molecule has 0 spiro atoms. The third-order valence-electron chi connectivity index (χ3n) is 5.21. The molecular formula is C24H15N3O. The predicted molar refractivity (Wildman–Crippen MR) is 112 cm³/mol. The van der Waals surface area contributed by atoms with E-state index in [1.54, 1.807) is 6.26 Å². The van der Waals surface area contributed by atoms with Crippen molar-refractivity contribution in [3.8, 4) is 17.1 Å². The number of benzene rings is 3. The van der Waals surface area contributed by atoms with Crippen molar-refractivity contribution in [2.75, 3.05) is 0 Å². The highest BCUT2D eigenvalue weighted by molar-refractivity contribution is 6.17. The van der Waals surface area contributed by atoms with E-state index >= 15 is 0 Å². The average Bonchev–Trinajstić information content (AvgIpc) is 3.37. The molecule has 132 valence electrons. The van der Waals surface area contributed by atoms with Gasteiger partial charge >= 0.3 is 0 Å². The summed E-state index contributed by atoms with van der Waals surface area (Å²) >= 11 is 0. The number of rotatable bonds is 2. The zero-order valence-electron chi connectivity index (χ0n) is 14.9. The largest absolute Gasteiger partial charge is 0.464 e. The fourth-order valence-electron chi connectivity index (χ4n) is 3.93. The van der Waals surface area contributed by atoms with Crippen LogP contribution in [0.2, 0.25) is 0 Å². The molecule has 0 saturated carbocycles. The van der Waals surface area contributed by atoms with E-state index in [0.29, 0.717) is 5.95 Å². The highest BCUT2D eigenvalue weighted by Gasteiger charge is 2.17. The molecule has 0 atom stereocenters. The number of nitrogens with zero attached hydrogens (tertiary/aromatic N) is 3. The molecule has 3 heterocycles. The van der Waals surface area contributed by atoms with Gasteiger partial charge in [0.25, 0.3) is 0 Å². The van der Waals surface area contributed by atoms with Crippen molar-refractivity contribution < 1.29 is 4.42 Å². The molecule has 4 heteroatoms. The van der Waals surface area contributed by atoms with Crippen LogP contribution in [0.5, 0.6) is 0 Å². The molecule has 6 aromatic rings. The van der Waals surface area contributed by atoms with E-state index in [2.05, 4.69) is 41.0 Å². The van der Waals surface area contributed by atoms with E-state index < -0.39 is 0 Å². The number of fused-ring (bicyclic) bond motifs is 5. The Labute approximate surface area is 160 Å². The summed E-state index contributed by atoms with van der Waals surface area (Å²) in [5, 5.41) is 3.40. The van der Waals surface area contributed by atoms with Crippen molar-refractivity contribution in [3.63, 3.8) is 0 Å². The summed E-state index contributed by atoms with van der Waals surface area (Å²) < 4.78 is 7.76. The molecule has 4 nitrogen and oxygen atoms in total. The van der Waals surface area contributed by atoms with Crippen LogP contribution >= 0.6 is 0 Å². The molecule has 3 aromatic heterocycles. The lowest BCUT2D eigenvalue weighted by molar-refractivity contribution is 0.616. The minimum absolute atomic E-state index is 0.652. The van der Waals surface area contributed by atoms with E-state index in [1.807, 2.05) is 48.8 Å². The maximum absolute atomic E-state index is 5.64. The second kappa shape index (κ2) is 5.79. The van der Waals surface area contributed by atoms with Gasteiger partial charge in [0.2, 0.25) is 5.95 Å². The normalized spacial score (nSPS) is 11.6. The van der Waals surface area contributed by atoms with Crippen LogP contribution < -0.4 is 0 Å². The van der Waals surface area contributed by atoms with Gasteiger partial charge in [-0.1, -0.05) is 48.5 Å². The Morgan fingerprint density at radius 3 is 2.29 bits per heavy atom. The summed E-state index contributed by atoms with van der Waals surface area (Å²) in [5.74, 6) is 0.652. The molecule has 0 aliphatic carbocycles. The van der Waals surface area contributed by atoms with Crippen molar-refractivity contribution >= 4 is 32.8 Å². The Morgan fingerprint density at radius 2 is 1.43 bits per heavy atom. The standard InChI is InChI=1S/C24H15N3O/c1-2-6-16(7-3-1)17-14-25-24(26-15-17)27-21-9-5-4-8-18(21)19-10-11-22-20(23(19)27)12-13-28-22/h1-15H. The predicted octanol–water partition coefficient (Wildman–Crippen LogP) is 5.99. The SMILES string of the molecule is c1ccc(-c2cnc(-n3c4ccccc4c4ccc5occc5c43)nc2)cc1. The zero-order valence-corrected chi connectivity index (χ0v) is 14.9. The smallest absolute Gasteiger partial charge is 0.234 e. The van der Waals surface area contributed by atoms with E-state index in [4.69, 9.17) is 14.4 Å². The van der Waals surface area contributed by atoms with Crippen molar-refractivity contribution in [3.05, 3.63) is 91.5 Å². The van der Waals surface area contributed by atoms with Crippen LogP contribution in [0.25, 0.3) is 49.9 Å². The quantitative estimate of drug-likeness (QED) is 0.381. The Balaban J connectivity index is 1.66. The second-order valence-corrected chi connectivity index (χ2v) is 6.78. The molecule has 28 heavy (non-hydrogen) atoms. The first-order valence-corrected chi connectivity index (χ1v) is 9.17. The number of hydrogen-bond acceptors (Lipinski definition) is 3. The number of furan rings is 1. The van der Waals surface area contributed by atoms with Gasteiger partial charge in [-0.3, -0.25) is 4.57 Å². The first-order valence-electron chi connectivity index (χ1n) is 9.17. The summed E-state index contributed by atoms with van der Waals surface area (Å²) in [4.78, 5) is 9.42. The van der Waals surface area contributed by atoms with Gasteiger partial charge < -0.3 is 4.42 Å². The minimum Gasteiger partial charge on any atom is -0.464 e. The third kappa shape index (κ3) is 2.12. The van der Waals surface area contributed by atoms with Crippen LogP contribution in [0.3, 0.4) is 0 Å². The van der Waals surface area contributed by atoms with Crippen molar-refractivity contribution in [1.29, 1.82) is 0 Å². The van der Waals surface area contributed by atoms with Crippen LogP contribution in [-0.4, -0.2) is 14.5 Å². The van der Waals surface area contributed by atoms with E-state index in [-0.39, 0.29) is 0 Å². The molecule has 0 saturated heterocycles. The summed E-state index contributed by atoms with van der Waals surface area (Å²) in [6.45, 7) is 0. The van der Waals surface area contributed by atoms with Crippen molar-refractivity contribution in [2.24, 2.45) is 0 Å². The fourth-order valence-corrected chi connectivity index (χ4v) is 3.93. The van der Waals surface area contributed by atoms with Gasteiger partial charge in [0.05, 0.1) is 17.3 Å². The summed E-state index contributed by atoms with van der Waals surface area (Å²) in [5.41, 5.74) is 5.11. The summed E-state index contributed by atoms with van der Waals surface area (Å²) in [7, 11) is 0. The van der Waals surface area contributed by atoms with Crippen LogP contribution in [0.1, 0.15) is 0 Å². The molecule has 0 aliphatic rings. The third-order valence-corrected chi connectivity index (χ3v) is 5.21. The molecule has 0 radical (unpaired) electrons. The van der Waals surface area contributed by atoms with E-state index in [9.17, 15) is 0 Å². The number of aromatic nitrogens is 3. The van der Waals surface area contributed by atoms with Crippen molar-refractivity contribution in [1.82, 2.24) is 14.5 Å². The van der Waals surface area contributed by atoms with Crippen LogP contribution in [0, 0.1) is 0 Å². The lowest BCUT2D eigenvalue weighted by Gasteiger charge is -2.07.